The number of carbonyl (C=O) groups is 1. The number of rotatable bonds is 10. The molecular weight excluding hydrogens is 386 g/mol. The molecule has 0 saturated heterocycles. The molecule has 5 nitrogen and oxygen atoms in total. The molecule has 2 aromatic carbocycles. The largest absolute Gasteiger partial charge is 0.494 e. The molecule has 0 bridgehead atoms. The van der Waals surface area contributed by atoms with Crippen LogP contribution in [0.2, 0.25) is 0 Å². The number of carbonyl (C=O) groups excluding carboxylic acids is 1. The number of para-hydroxylation sites is 1. The Labute approximate surface area is 185 Å². The number of hydrogen-bond acceptors (Lipinski definition) is 4. The van der Waals surface area contributed by atoms with Gasteiger partial charge in [0.15, 0.2) is 0 Å². The van der Waals surface area contributed by atoms with Gasteiger partial charge in [0.05, 0.1) is 23.4 Å². The molecule has 0 aliphatic carbocycles. The maximum atomic E-state index is 13.1. The molecule has 0 spiro atoms. The zero-order valence-corrected chi connectivity index (χ0v) is 19.0. The lowest BCUT2D eigenvalue weighted by molar-refractivity contribution is 0.0946. The summed E-state index contributed by atoms with van der Waals surface area (Å²) in [5.74, 6) is 1.15. The smallest absolute Gasteiger partial charge is 0.252 e. The standard InChI is InChI=1S/C26H33N3O2/c1-5-29(6-2)18-19(4)17-27-26(30)23-16-25(28-24-11-9-8-10-22(23)24)20-12-14-21(15-13-20)31-7-3/h8-16,19H,5-7,17-18H2,1-4H3,(H,27,30)/t19-/m1/s1. The molecule has 1 amide bonds. The first-order chi connectivity index (χ1) is 15.0. The zero-order chi connectivity index (χ0) is 22.2. The van der Waals surface area contributed by atoms with E-state index in [0.717, 1.165) is 47.5 Å². The fraction of sp³-hybridized carbons (Fsp3) is 0.385. The lowest BCUT2D eigenvalue weighted by atomic mass is 10.0. The van der Waals surface area contributed by atoms with Gasteiger partial charge in [0.1, 0.15) is 5.75 Å². The number of fused-ring (bicyclic) bond motifs is 1. The molecule has 5 heteroatoms. The minimum absolute atomic E-state index is 0.0582. The molecule has 3 aromatic rings. The molecule has 0 saturated carbocycles. The molecule has 0 fully saturated rings. The number of benzene rings is 2. The summed E-state index contributed by atoms with van der Waals surface area (Å²) in [7, 11) is 0. The molecule has 0 aliphatic rings. The van der Waals surface area contributed by atoms with Crippen LogP contribution in [0.25, 0.3) is 22.2 Å². The molecule has 1 N–H and O–H groups in total. The fourth-order valence-corrected chi connectivity index (χ4v) is 3.75. The highest BCUT2D eigenvalue weighted by Crippen LogP contribution is 2.26. The Balaban J connectivity index is 1.84. The van der Waals surface area contributed by atoms with Crippen LogP contribution in [-0.4, -0.2) is 48.6 Å². The predicted molar refractivity (Wildman–Crippen MR) is 128 cm³/mol. The molecular formula is C26H33N3O2. The van der Waals surface area contributed by atoms with Gasteiger partial charge in [0.2, 0.25) is 0 Å². The van der Waals surface area contributed by atoms with Crippen molar-refractivity contribution in [3.8, 4) is 17.0 Å². The molecule has 164 valence electrons. The van der Waals surface area contributed by atoms with E-state index in [-0.39, 0.29) is 5.91 Å². The third-order valence-corrected chi connectivity index (χ3v) is 5.50. The first-order valence-corrected chi connectivity index (χ1v) is 11.2. The molecule has 31 heavy (non-hydrogen) atoms. The van der Waals surface area contributed by atoms with Gasteiger partial charge < -0.3 is 15.0 Å². The Morgan fingerprint density at radius 1 is 1.06 bits per heavy atom. The summed E-state index contributed by atoms with van der Waals surface area (Å²) in [6.45, 7) is 12.8. The average Bonchev–Trinajstić information content (AvgIpc) is 2.81. The summed E-state index contributed by atoms with van der Waals surface area (Å²) < 4.78 is 5.54. The number of aromatic nitrogens is 1. The lowest BCUT2D eigenvalue weighted by Gasteiger charge is -2.23. The van der Waals surface area contributed by atoms with E-state index in [1.165, 1.54) is 0 Å². The van der Waals surface area contributed by atoms with Crippen molar-refractivity contribution in [3.63, 3.8) is 0 Å². The maximum absolute atomic E-state index is 13.1. The van der Waals surface area contributed by atoms with Crippen molar-refractivity contribution < 1.29 is 9.53 Å². The van der Waals surface area contributed by atoms with Crippen molar-refractivity contribution >= 4 is 16.8 Å². The van der Waals surface area contributed by atoms with Gasteiger partial charge >= 0.3 is 0 Å². The van der Waals surface area contributed by atoms with E-state index >= 15 is 0 Å². The van der Waals surface area contributed by atoms with Crippen LogP contribution in [0.4, 0.5) is 0 Å². The Morgan fingerprint density at radius 2 is 1.77 bits per heavy atom. The van der Waals surface area contributed by atoms with Crippen molar-refractivity contribution in [1.29, 1.82) is 0 Å². The highest BCUT2D eigenvalue weighted by molar-refractivity contribution is 6.07. The number of pyridine rings is 1. The number of nitrogens with one attached hydrogen (secondary N) is 1. The number of hydrogen-bond donors (Lipinski definition) is 1. The van der Waals surface area contributed by atoms with Crippen molar-refractivity contribution in [2.45, 2.75) is 27.7 Å². The molecule has 3 rings (SSSR count). The quantitative estimate of drug-likeness (QED) is 0.502. The third kappa shape index (κ3) is 5.82. The van der Waals surface area contributed by atoms with Crippen LogP contribution in [0.5, 0.6) is 5.75 Å². The van der Waals surface area contributed by atoms with Crippen LogP contribution in [0.1, 0.15) is 38.1 Å². The SMILES string of the molecule is CCOc1ccc(-c2cc(C(=O)NC[C@@H](C)CN(CC)CC)c3ccccc3n2)cc1. The highest BCUT2D eigenvalue weighted by Gasteiger charge is 2.15. The van der Waals surface area contributed by atoms with Crippen LogP contribution in [0, 0.1) is 5.92 Å². The van der Waals surface area contributed by atoms with Crippen molar-refractivity contribution in [1.82, 2.24) is 15.2 Å². The molecule has 1 atom stereocenters. The van der Waals surface area contributed by atoms with Crippen LogP contribution in [0.15, 0.2) is 54.6 Å². The second-order valence-corrected chi connectivity index (χ2v) is 7.83. The zero-order valence-electron chi connectivity index (χ0n) is 19.0. The van der Waals surface area contributed by atoms with Crippen molar-refractivity contribution in [3.05, 3.63) is 60.2 Å². The Kier molecular flexibility index (Phi) is 8.01. The summed E-state index contributed by atoms with van der Waals surface area (Å²) in [6.07, 6.45) is 0. The van der Waals surface area contributed by atoms with E-state index in [2.05, 4.69) is 31.0 Å². The molecule has 1 aromatic heterocycles. The van der Waals surface area contributed by atoms with Crippen molar-refractivity contribution in [2.75, 3.05) is 32.8 Å². The Bertz CT molecular complexity index is 997. The third-order valence-electron chi connectivity index (χ3n) is 5.50. The van der Waals surface area contributed by atoms with Gasteiger partial charge in [-0.25, -0.2) is 4.98 Å². The van der Waals surface area contributed by atoms with Crippen molar-refractivity contribution in [2.24, 2.45) is 5.92 Å². The van der Waals surface area contributed by atoms with Crippen LogP contribution in [0.3, 0.4) is 0 Å². The van der Waals surface area contributed by atoms with Gasteiger partial charge in [-0.15, -0.1) is 0 Å². The molecule has 0 radical (unpaired) electrons. The average molecular weight is 420 g/mol. The highest BCUT2D eigenvalue weighted by atomic mass is 16.5. The summed E-state index contributed by atoms with van der Waals surface area (Å²) in [4.78, 5) is 20.3. The summed E-state index contributed by atoms with van der Waals surface area (Å²) in [5.41, 5.74) is 3.21. The van der Waals surface area contributed by atoms with Crippen LogP contribution >= 0.6 is 0 Å². The number of amides is 1. The molecule has 0 unspecified atom stereocenters. The van der Waals surface area contributed by atoms with Gasteiger partial charge in [-0.3, -0.25) is 4.79 Å². The second kappa shape index (κ2) is 10.9. The second-order valence-electron chi connectivity index (χ2n) is 7.83. The number of ether oxygens (including phenoxy) is 1. The first-order valence-electron chi connectivity index (χ1n) is 11.2. The monoisotopic (exact) mass is 419 g/mol. The van der Waals surface area contributed by atoms with E-state index in [9.17, 15) is 4.79 Å². The van der Waals surface area contributed by atoms with Gasteiger partial charge in [-0.2, -0.15) is 0 Å². The lowest BCUT2D eigenvalue weighted by Crippen LogP contribution is -2.35. The van der Waals surface area contributed by atoms with Gasteiger partial charge in [-0.1, -0.05) is 39.0 Å². The van der Waals surface area contributed by atoms with E-state index in [0.29, 0.717) is 24.6 Å². The van der Waals surface area contributed by atoms with E-state index < -0.39 is 0 Å². The van der Waals surface area contributed by atoms with Crippen LogP contribution in [-0.2, 0) is 0 Å². The molecule has 1 heterocycles. The van der Waals surface area contributed by atoms with Gasteiger partial charge in [0, 0.05) is 24.0 Å². The summed E-state index contributed by atoms with van der Waals surface area (Å²) in [6, 6.07) is 17.5. The summed E-state index contributed by atoms with van der Waals surface area (Å²) >= 11 is 0. The Morgan fingerprint density at radius 3 is 2.45 bits per heavy atom. The Hall–Kier alpha value is -2.92. The van der Waals surface area contributed by atoms with Gasteiger partial charge in [-0.05, 0) is 62.3 Å². The first kappa shape index (κ1) is 22.8. The minimum atomic E-state index is -0.0582. The van der Waals surface area contributed by atoms with E-state index in [4.69, 9.17) is 9.72 Å². The van der Waals surface area contributed by atoms with E-state index in [1.807, 2.05) is 61.5 Å². The topological polar surface area (TPSA) is 54.5 Å². The molecule has 0 aliphatic heterocycles. The maximum Gasteiger partial charge on any atom is 0.252 e. The normalized spacial score (nSPS) is 12.2. The number of nitrogens with zero attached hydrogens (tertiary/aromatic N) is 2. The van der Waals surface area contributed by atoms with Crippen LogP contribution < -0.4 is 10.1 Å². The summed E-state index contributed by atoms with van der Waals surface area (Å²) in [5, 5.41) is 4.00. The minimum Gasteiger partial charge on any atom is -0.494 e. The fourth-order valence-electron chi connectivity index (χ4n) is 3.75. The van der Waals surface area contributed by atoms with Gasteiger partial charge in [0.25, 0.3) is 5.91 Å². The predicted octanol–water partition coefficient (Wildman–Crippen LogP) is 5.01. The van der Waals surface area contributed by atoms with E-state index in [1.54, 1.807) is 0 Å².